The number of hydrogen-bond donors (Lipinski definition) is 1. The van der Waals surface area contributed by atoms with Crippen LogP contribution in [0.15, 0.2) is 48.5 Å². The van der Waals surface area contributed by atoms with E-state index in [9.17, 15) is 4.79 Å². The number of hydrogen-bond acceptors (Lipinski definition) is 7. The van der Waals surface area contributed by atoms with Crippen LogP contribution >= 0.6 is 24.0 Å². The highest BCUT2D eigenvalue weighted by molar-refractivity contribution is 8.02. The van der Waals surface area contributed by atoms with Crippen molar-refractivity contribution < 1.29 is 19.0 Å². The maximum absolute atomic E-state index is 11.3. The Bertz CT molecular complexity index is 825. The number of nitrogens with one attached hydrogen (secondary N) is 1. The van der Waals surface area contributed by atoms with Gasteiger partial charge >= 0.3 is 0 Å². The maximum atomic E-state index is 11.3. The van der Waals surface area contributed by atoms with Crippen LogP contribution in [0.3, 0.4) is 0 Å². The number of rotatable bonds is 7. The summed E-state index contributed by atoms with van der Waals surface area (Å²) in [6, 6.07) is 15.4. The van der Waals surface area contributed by atoms with E-state index in [0.717, 1.165) is 23.8 Å². The number of fused-ring (bicyclic) bond motifs is 2. The van der Waals surface area contributed by atoms with Crippen LogP contribution in [0, 0.1) is 0 Å². The SMILES string of the molecule is COc1ccccc1OCC1(C(=S)CC(C)=O)NCCS1.c1cc2cc(c1)O2. The highest BCUT2D eigenvalue weighted by atomic mass is 32.2. The van der Waals surface area contributed by atoms with E-state index in [4.69, 9.17) is 26.4 Å². The Morgan fingerprint density at radius 2 is 1.89 bits per heavy atom. The summed E-state index contributed by atoms with van der Waals surface area (Å²) in [4.78, 5) is 11.6. The number of benzene rings is 2. The molecule has 1 N–H and O–H groups in total. The van der Waals surface area contributed by atoms with Crippen molar-refractivity contribution in [1.29, 1.82) is 0 Å². The smallest absolute Gasteiger partial charge is 0.161 e. The van der Waals surface area contributed by atoms with Gasteiger partial charge in [0.15, 0.2) is 11.5 Å². The molecule has 3 aliphatic rings. The number of ether oxygens (including phenoxy) is 3. The van der Waals surface area contributed by atoms with Gasteiger partial charge in [-0.25, -0.2) is 0 Å². The Hall–Kier alpha value is -2.09. The standard InChI is InChI=1S/C15H19NO3S2.C6H4O/c1-11(17)9-14(20)15(16-7-8-21-15)10-19-13-6-4-3-5-12(13)18-2;1-2-5-4-6(3-1)7-5/h3-6,16H,7-10H2,1-2H3;1-4H. The monoisotopic (exact) mass is 417 g/mol. The molecule has 2 aromatic carbocycles. The fourth-order valence-corrected chi connectivity index (χ4v) is 4.49. The van der Waals surface area contributed by atoms with Crippen molar-refractivity contribution in [3.63, 3.8) is 0 Å². The zero-order valence-electron chi connectivity index (χ0n) is 15.9. The third-order valence-corrected chi connectivity index (χ3v) is 6.29. The van der Waals surface area contributed by atoms with Crippen LogP contribution in [0.2, 0.25) is 0 Å². The fourth-order valence-electron chi connectivity index (χ4n) is 2.85. The zero-order chi connectivity index (χ0) is 20.0. The molecule has 0 amide bonds. The maximum Gasteiger partial charge on any atom is 0.161 e. The highest BCUT2D eigenvalue weighted by Gasteiger charge is 2.40. The molecule has 0 aliphatic carbocycles. The van der Waals surface area contributed by atoms with Gasteiger partial charge in [0.05, 0.1) is 7.11 Å². The summed E-state index contributed by atoms with van der Waals surface area (Å²) >= 11 is 7.17. The van der Waals surface area contributed by atoms with Crippen molar-refractivity contribution in [2.75, 3.05) is 26.0 Å². The largest absolute Gasteiger partial charge is 0.493 e. The minimum absolute atomic E-state index is 0.0750. The van der Waals surface area contributed by atoms with Crippen molar-refractivity contribution in [3.8, 4) is 23.0 Å². The summed E-state index contributed by atoms with van der Waals surface area (Å²) in [7, 11) is 1.61. The Labute approximate surface area is 174 Å². The number of methoxy groups -OCH3 is 1. The predicted molar refractivity (Wildman–Crippen MR) is 116 cm³/mol. The normalized spacial score (nSPS) is 18.8. The van der Waals surface area contributed by atoms with Crippen molar-refractivity contribution in [2.45, 2.75) is 18.2 Å². The molecular formula is C21H23NO4S2. The number of ketones is 1. The summed E-state index contributed by atoms with van der Waals surface area (Å²) in [6.45, 7) is 2.79. The van der Waals surface area contributed by atoms with Gasteiger partial charge in [0.25, 0.3) is 0 Å². The molecule has 5 rings (SSSR count). The Kier molecular flexibility index (Phi) is 6.93. The molecule has 3 heterocycles. The van der Waals surface area contributed by atoms with Crippen molar-refractivity contribution in [3.05, 3.63) is 48.5 Å². The summed E-state index contributed by atoms with van der Waals surface area (Å²) in [5.41, 5.74) is 0. The van der Waals surface area contributed by atoms with Crippen molar-refractivity contribution in [1.82, 2.24) is 5.32 Å². The number of thiocarbonyl (C=S) groups is 1. The third kappa shape index (κ3) is 5.04. The van der Waals surface area contributed by atoms with Gasteiger partial charge in [-0.15, -0.1) is 11.8 Å². The molecule has 28 heavy (non-hydrogen) atoms. The average molecular weight is 418 g/mol. The molecule has 1 atom stereocenters. The lowest BCUT2D eigenvalue weighted by Crippen LogP contribution is -2.49. The zero-order valence-corrected chi connectivity index (χ0v) is 17.5. The molecule has 7 heteroatoms. The van der Waals surface area contributed by atoms with Gasteiger partial charge in [0.2, 0.25) is 0 Å². The topological polar surface area (TPSA) is 56.8 Å². The lowest BCUT2D eigenvalue weighted by atomic mass is 10.1. The summed E-state index contributed by atoms with van der Waals surface area (Å²) in [6.07, 6.45) is 0.296. The molecule has 0 spiro atoms. The van der Waals surface area contributed by atoms with E-state index in [-0.39, 0.29) is 5.78 Å². The second kappa shape index (κ2) is 9.41. The molecule has 1 unspecified atom stereocenters. The number of carbonyl (C=O) groups excluding carboxylic acids is 1. The second-order valence-corrected chi connectivity index (χ2v) is 8.31. The molecule has 5 nitrogen and oxygen atoms in total. The number of para-hydroxylation sites is 2. The molecule has 148 valence electrons. The van der Waals surface area contributed by atoms with E-state index in [1.165, 1.54) is 0 Å². The molecular weight excluding hydrogens is 394 g/mol. The number of Topliss-reactive ketones (excluding diaryl/α,β-unsaturated/α-hetero) is 1. The molecule has 0 radical (unpaired) electrons. The van der Waals surface area contributed by atoms with Crippen LogP contribution in [0.5, 0.6) is 23.0 Å². The quantitative estimate of drug-likeness (QED) is 0.577. The Morgan fingerprint density at radius 3 is 2.36 bits per heavy atom. The Morgan fingerprint density at radius 1 is 1.21 bits per heavy atom. The van der Waals surface area contributed by atoms with Gasteiger partial charge in [-0.3, -0.25) is 10.1 Å². The van der Waals surface area contributed by atoms with E-state index < -0.39 is 4.87 Å². The molecule has 1 fully saturated rings. The first kappa shape index (κ1) is 20.6. The fraction of sp³-hybridized carbons (Fsp3) is 0.333. The first-order chi connectivity index (χ1) is 13.5. The minimum atomic E-state index is -0.470. The van der Waals surface area contributed by atoms with Crippen LogP contribution in [-0.2, 0) is 4.79 Å². The van der Waals surface area contributed by atoms with E-state index in [2.05, 4.69) is 5.32 Å². The second-order valence-electron chi connectivity index (χ2n) is 6.42. The van der Waals surface area contributed by atoms with E-state index in [1.54, 1.807) is 25.8 Å². The molecule has 2 aromatic rings. The van der Waals surface area contributed by atoms with Crippen LogP contribution in [-0.4, -0.2) is 41.5 Å². The van der Waals surface area contributed by atoms with Crippen molar-refractivity contribution in [2.24, 2.45) is 0 Å². The summed E-state index contributed by atoms with van der Waals surface area (Å²) < 4.78 is 16.2. The van der Waals surface area contributed by atoms with Crippen LogP contribution < -0.4 is 19.5 Å². The number of carbonyl (C=O) groups is 1. The molecule has 1 saturated heterocycles. The highest BCUT2D eigenvalue weighted by Crippen LogP contribution is 2.34. The van der Waals surface area contributed by atoms with Crippen molar-refractivity contribution >= 4 is 34.6 Å². The van der Waals surface area contributed by atoms with E-state index in [1.807, 2.05) is 48.5 Å². The van der Waals surface area contributed by atoms with Gasteiger partial charge in [0.1, 0.15) is 28.8 Å². The van der Waals surface area contributed by atoms with E-state index in [0.29, 0.717) is 29.4 Å². The molecule has 2 bridgehead atoms. The van der Waals surface area contributed by atoms with E-state index >= 15 is 0 Å². The van der Waals surface area contributed by atoms with Crippen LogP contribution in [0.25, 0.3) is 0 Å². The first-order valence-electron chi connectivity index (χ1n) is 8.98. The molecule has 0 aromatic heterocycles. The van der Waals surface area contributed by atoms with Gasteiger partial charge < -0.3 is 14.2 Å². The lowest BCUT2D eigenvalue weighted by Gasteiger charge is -2.29. The van der Waals surface area contributed by atoms with Crippen LogP contribution in [0.4, 0.5) is 0 Å². The van der Waals surface area contributed by atoms with Gasteiger partial charge in [-0.2, -0.15) is 0 Å². The van der Waals surface area contributed by atoms with Gasteiger partial charge in [-0.1, -0.05) is 30.4 Å². The number of thioether (sulfide) groups is 1. The van der Waals surface area contributed by atoms with Crippen LogP contribution in [0.1, 0.15) is 13.3 Å². The molecule has 0 saturated carbocycles. The average Bonchev–Trinajstić information content (AvgIpc) is 3.17. The Balaban J connectivity index is 0.000000264. The minimum Gasteiger partial charge on any atom is -0.493 e. The predicted octanol–water partition coefficient (Wildman–Crippen LogP) is 4.25. The van der Waals surface area contributed by atoms with Gasteiger partial charge in [-0.05, 0) is 31.2 Å². The molecule has 3 aliphatic heterocycles. The van der Waals surface area contributed by atoms with Gasteiger partial charge in [0, 0.05) is 29.6 Å². The summed E-state index contributed by atoms with van der Waals surface area (Å²) in [5, 5.41) is 3.39. The summed E-state index contributed by atoms with van der Waals surface area (Å²) in [5.74, 6) is 4.36. The first-order valence-corrected chi connectivity index (χ1v) is 10.4. The lowest BCUT2D eigenvalue weighted by molar-refractivity contribution is -0.115. The third-order valence-electron chi connectivity index (χ3n) is 4.26.